The maximum Gasteiger partial charge on any atom is 0.315 e. The molecule has 2 heterocycles. The Morgan fingerprint density at radius 3 is 2.78 bits per heavy atom. The summed E-state index contributed by atoms with van der Waals surface area (Å²) in [4.78, 5) is 16.2. The van der Waals surface area contributed by atoms with Crippen molar-refractivity contribution < 1.29 is 13.9 Å². The molecular weight excluding hydrogens is 294 g/mol. The van der Waals surface area contributed by atoms with Crippen LogP contribution in [0.5, 0.6) is 0 Å². The highest BCUT2D eigenvalue weighted by molar-refractivity contribution is 5.74. The van der Waals surface area contributed by atoms with E-state index in [-0.39, 0.29) is 12.1 Å². The topological polar surface area (TPSA) is 76.4 Å². The number of urea groups is 1. The Morgan fingerprint density at radius 2 is 2.13 bits per heavy atom. The van der Waals surface area contributed by atoms with E-state index >= 15 is 0 Å². The van der Waals surface area contributed by atoms with Crippen LogP contribution in [0.1, 0.15) is 31.3 Å². The molecule has 2 amide bonds. The summed E-state index contributed by atoms with van der Waals surface area (Å²) in [6.07, 6.45) is 3.28. The quantitative estimate of drug-likeness (QED) is 0.785. The Balaban J connectivity index is 1.85. The van der Waals surface area contributed by atoms with Crippen molar-refractivity contribution in [3.05, 3.63) is 54.2 Å². The molecule has 0 aliphatic carbocycles. The van der Waals surface area contributed by atoms with Gasteiger partial charge in [-0.1, -0.05) is 19.9 Å². The van der Waals surface area contributed by atoms with Gasteiger partial charge in [0.1, 0.15) is 11.8 Å². The smallest absolute Gasteiger partial charge is 0.315 e. The molecule has 0 fully saturated rings. The van der Waals surface area contributed by atoms with E-state index in [9.17, 15) is 4.79 Å². The van der Waals surface area contributed by atoms with Crippen LogP contribution in [0.15, 0.2) is 47.2 Å². The first-order valence-electron chi connectivity index (χ1n) is 7.70. The number of carbonyl (C=O) groups is 1. The second kappa shape index (κ2) is 8.95. The highest BCUT2D eigenvalue weighted by Gasteiger charge is 2.17. The summed E-state index contributed by atoms with van der Waals surface area (Å²) in [7, 11) is 0. The van der Waals surface area contributed by atoms with Gasteiger partial charge >= 0.3 is 6.03 Å². The van der Waals surface area contributed by atoms with Crippen LogP contribution < -0.4 is 10.6 Å². The lowest BCUT2D eigenvalue weighted by Gasteiger charge is -2.18. The zero-order valence-electron chi connectivity index (χ0n) is 13.5. The first-order chi connectivity index (χ1) is 11.1. The molecule has 2 aromatic heterocycles. The SMILES string of the molecule is CC(C)COC[C@@H](NC(=O)NCc1ccccn1)c1ccco1. The van der Waals surface area contributed by atoms with E-state index in [0.717, 1.165) is 5.69 Å². The molecule has 0 radical (unpaired) electrons. The summed E-state index contributed by atoms with van der Waals surface area (Å²) in [5, 5.41) is 5.65. The molecule has 23 heavy (non-hydrogen) atoms. The molecule has 1 atom stereocenters. The van der Waals surface area contributed by atoms with Crippen molar-refractivity contribution in [3.8, 4) is 0 Å². The minimum absolute atomic E-state index is 0.287. The van der Waals surface area contributed by atoms with Crippen LogP contribution in [0, 0.1) is 5.92 Å². The Labute approximate surface area is 136 Å². The summed E-state index contributed by atoms with van der Waals surface area (Å²) in [5.74, 6) is 1.10. The molecule has 0 aliphatic heterocycles. The van der Waals surface area contributed by atoms with Gasteiger partial charge < -0.3 is 19.8 Å². The number of hydrogen-bond acceptors (Lipinski definition) is 4. The zero-order valence-corrected chi connectivity index (χ0v) is 13.5. The number of nitrogens with one attached hydrogen (secondary N) is 2. The van der Waals surface area contributed by atoms with Crippen LogP contribution in [0.4, 0.5) is 4.79 Å². The van der Waals surface area contributed by atoms with Gasteiger partial charge in [0.05, 0.1) is 25.1 Å². The fraction of sp³-hybridized carbons (Fsp3) is 0.412. The average Bonchev–Trinajstić information content (AvgIpc) is 3.07. The van der Waals surface area contributed by atoms with Crippen LogP contribution in [0.2, 0.25) is 0 Å². The minimum atomic E-state index is -0.326. The van der Waals surface area contributed by atoms with Gasteiger partial charge in [-0.05, 0) is 30.2 Å². The van der Waals surface area contributed by atoms with E-state index in [1.54, 1.807) is 18.5 Å². The number of furan rings is 1. The van der Waals surface area contributed by atoms with E-state index in [4.69, 9.17) is 9.15 Å². The Kier molecular flexibility index (Phi) is 6.62. The van der Waals surface area contributed by atoms with E-state index in [0.29, 0.717) is 31.4 Å². The molecule has 2 N–H and O–H groups in total. The highest BCUT2D eigenvalue weighted by Crippen LogP contribution is 2.14. The van der Waals surface area contributed by atoms with Crippen molar-refractivity contribution >= 4 is 6.03 Å². The molecule has 2 aromatic rings. The van der Waals surface area contributed by atoms with E-state index in [2.05, 4.69) is 29.5 Å². The maximum atomic E-state index is 12.1. The van der Waals surface area contributed by atoms with Crippen molar-refractivity contribution in [2.24, 2.45) is 5.92 Å². The third kappa shape index (κ3) is 6.12. The molecule has 124 valence electrons. The first-order valence-corrected chi connectivity index (χ1v) is 7.70. The highest BCUT2D eigenvalue weighted by atomic mass is 16.5. The predicted octanol–water partition coefficient (Wildman–Crippen LogP) is 2.89. The van der Waals surface area contributed by atoms with Gasteiger partial charge in [0, 0.05) is 12.8 Å². The van der Waals surface area contributed by atoms with Crippen LogP contribution in [0.3, 0.4) is 0 Å². The number of aromatic nitrogens is 1. The first kappa shape index (κ1) is 17.0. The number of amides is 2. The van der Waals surface area contributed by atoms with Gasteiger partial charge in [0.2, 0.25) is 0 Å². The number of nitrogens with zero attached hydrogens (tertiary/aromatic N) is 1. The zero-order chi connectivity index (χ0) is 16.5. The van der Waals surface area contributed by atoms with Crippen LogP contribution in [0.25, 0.3) is 0 Å². The van der Waals surface area contributed by atoms with Crippen molar-refractivity contribution in [1.29, 1.82) is 0 Å². The van der Waals surface area contributed by atoms with Crippen molar-refractivity contribution in [2.75, 3.05) is 13.2 Å². The molecule has 0 saturated carbocycles. The van der Waals surface area contributed by atoms with Crippen molar-refractivity contribution in [1.82, 2.24) is 15.6 Å². The number of ether oxygens (including phenoxy) is 1. The third-order valence-corrected chi connectivity index (χ3v) is 3.08. The van der Waals surface area contributed by atoms with Crippen LogP contribution in [-0.4, -0.2) is 24.2 Å². The normalized spacial score (nSPS) is 12.1. The molecule has 0 unspecified atom stereocenters. The van der Waals surface area contributed by atoms with Gasteiger partial charge in [-0.3, -0.25) is 4.98 Å². The van der Waals surface area contributed by atoms with Gasteiger partial charge in [-0.15, -0.1) is 0 Å². The minimum Gasteiger partial charge on any atom is -0.467 e. The summed E-state index contributed by atoms with van der Waals surface area (Å²) >= 11 is 0. The molecule has 0 saturated heterocycles. The van der Waals surface area contributed by atoms with Gasteiger partial charge in [-0.25, -0.2) is 4.79 Å². The fourth-order valence-corrected chi connectivity index (χ4v) is 1.99. The lowest BCUT2D eigenvalue weighted by Crippen LogP contribution is -2.39. The molecule has 6 nitrogen and oxygen atoms in total. The summed E-state index contributed by atoms with van der Waals surface area (Å²) < 4.78 is 11.0. The fourth-order valence-electron chi connectivity index (χ4n) is 1.99. The van der Waals surface area contributed by atoms with E-state index in [1.807, 2.05) is 24.3 Å². The number of carbonyl (C=O) groups excluding carboxylic acids is 1. The van der Waals surface area contributed by atoms with E-state index in [1.165, 1.54) is 0 Å². The Bertz CT molecular complexity index is 570. The molecule has 0 bridgehead atoms. The Hall–Kier alpha value is -2.34. The van der Waals surface area contributed by atoms with Gasteiger partial charge in [0.25, 0.3) is 0 Å². The second-order valence-electron chi connectivity index (χ2n) is 5.65. The van der Waals surface area contributed by atoms with Crippen molar-refractivity contribution in [2.45, 2.75) is 26.4 Å². The van der Waals surface area contributed by atoms with Gasteiger partial charge in [0.15, 0.2) is 0 Å². The van der Waals surface area contributed by atoms with Gasteiger partial charge in [-0.2, -0.15) is 0 Å². The summed E-state index contributed by atoms with van der Waals surface area (Å²) in [6.45, 7) is 5.52. The van der Waals surface area contributed by atoms with Crippen molar-refractivity contribution in [3.63, 3.8) is 0 Å². The molecule has 0 aliphatic rings. The lowest BCUT2D eigenvalue weighted by atomic mass is 10.2. The molecule has 2 rings (SSSR count). The van der Waals surface area contributed by atoms with E-state index < -0.39 is 0 Å². The Morgan fingerprint density at radius 1 is 1.26 bits per heavy atom. The number of rotatable bonds is 8. The standard InChI is InChI=1S/C17H23N3O3/c1-13(2)11-22-12-15(16-7-5-9-23-16)20-17(21)19-10-14-6-3-4-8-18-14/h3-9,13,15H,10-12H2,1-2H3,(H2,19,20,21)/t15-/m1/s1. The monoisotopic (exact) mass is 317 g/mol. The van der Waals surface area contributed by atoms with Crippen LogP contribution in [-0.2, 0) is 11.3 Å². The van der Waals surface area contributed by atoms with Crippen LogP contribution >= 0.6 is 0 Å². The largest absolute Gasteiger partial charge is 0.467 e. The third-order valence-electron chi connectivity index (χ3n) is 3.08. The molecule has 0 spiro atoms. The number of hydrogen-bond donors (Lipinski definition) is 2. The second-order valence-corrected chi connectivity index (χ2v) is 5.65. The number of pyridine rings is 1. The molecular formula is C17H23N3O3. The molecule has 0 aromatic carbocycles. The maximum absolute atomic E-state index is 12.1. The molecule has 6 heteroatoms. The predicted molar refractivity (Wildman–Crippen MR) is 86.7 cm³/mol. The summed E-state index contributed by atoms with van der Waals surface area (Å²) in [6, 6.07) is 8.57. The summed E-state index contributed by atoms with van der Waals surface area (Å²) in [5.41, 5.74) is 0.799. The lowest BCUT2D eigenvalue weighted by molar-refractivity contribution is 0.0868. The average molecular weight is 317 g/mol.